The molecule has 1 saturated heterocycles. The Hall–Kier alpha value is -2.94. The molecule has 1 aliphatic heterocycles. The maximum absolute atomic E-state index is 10.7. The van der Waals surface area contributed by atoms with E-state index in [1.54, 1.807) is 16.7 Å². The highest BCUT2D eigenvalue weighted by atomic mass is 16.6. The van der Waals surface area contributed by atoms with Gasteiger partial charge in [-0.3, -0.25) is 0 Å². The van der Waals surface area contributed by atoms with Crippen LogP contribution in [-0.2, 0) is 11.2 Å². The van der Waals surface area contributed by atoms with E-state index in [2.05, 4.69) is 12.1 Å². The number of aromatic hydroxyl groups is 1. The molecule has 2 heterocycles. The van der Waals surface area contributed by atoms with E-state index in [9.17, 15) is 25.5 Å². The number of phenols is 1. The Bertz CT molecular complexity index is 1310. The van der Waals surface area contributed by atoms with Gasteiger partial charge in [0.15, 0.2) is 6.23 Å². The van der Waals surface area contributed by atoms with Gasteiger partial charge in [-0.05, 0) is 59.5 Å². The summed E-state index contributed by atoms with van der Waals surface area (Å²) in [6, 6.07) is 17.4. The summed E-state index contributed by atoms with van der Waals surface area (Å²) in [5, 5.41) is 53.4. The SMILES string of the molecule is Cc1ccc2c(c1)c(Cc1ccc3cc(O)ccc3c1)cn2[C@@H]1O[C@H](CO)[C@@H](O)[C@H](O)[C@H]1O. The number of benzene rings is 3. The molecule has 172 valence electrons. The monoisotopic (exact) mass is 449 g/mol. The molecule has 0 bridgehead atoms. The first-order valence-corrected chi connectivity index (χ1v) is 11.0. The summed E-state index contributed by atoms with van der Waals surface area (Å²) in [5.41, 5.74) is 4.02. The zero-order chi connectivity index (χ0) is 23.3. The number of phenolic OH excluding ortho intramolecular Hbond substituents is 1. The third-order valence-corrected chi connectivity index (χ3v) is 6.50. The van der Waals surface area contributed by atoms with Crippen LogP contribution in [0.25, 0.3) is 21.7 Å². The zero-order valence-electron chi connectivity index (χ0n) is 18.2. The number of fused-ring (bicyclic) bond motifs is 2. The molecule has 0 aliphatic carbocycles. The van der Waals surface area contributed by atoms with Gasteiger partial charge in [-0.1, -0.05) is 35.9 Å². The van der Waals surface area contributed by atoms with E-state index in [1.807, 2.05) is 43.5 Å². The van der Waals surface area contributed by atoms with Gasteiger partial charge in [-0.15, -0.1) is 0 Å². The average molecular weight is 450 g/mol. The van der Waals surface area contributed by atoms with Crippen LogP contribution in [0.2, 0.25) is 0 Å². The highest BCUT2D eigenvalue weighted by molar-refractivity contribution is 5.87. The Morgan fingerprint density at radius 1 is 0.879 bits per heavy atom. The summed E-state index contributed by atoms with van der Waals surface area (Å²) in [5.74, 6) is 0.230. The van der Waals surface area contributed by atoms with Crippen molar-refractivity contribution < 1.29 is 30.3 Å². The summed E-state index contributed by atoms with van der Waals surface area (Å²) < 4.78 is 7.59. The van der Waals surface area contributed by atoms with E-state index in [-0.39, 0.29) is 5.75 Å². The number of nitrogens with zero attached hydrogens (tertiary/aromatic N) is 1. The summed E-state index contributed by atoms with van der Waals surface area (Å²) in [4.78, 5) is 0. The molecule has 0 unspecified atom stereocenters. The minimum Gasteiger partial charge on any atom is -0.508 e. The van der Waals surface area contributed by atoms with Gasteiger partial charge in [0.1, 0.15) is 30.2 Å². The Labute approximate surface area is 190 Å². The Morgan fingerprint density at radius 3 is 2.42 bits per heavy atom. The van der Waals surface area contributed by atoms with E-state index in [0.29, 0.717) is 6.42 Å². The minimum absolute atomic E-state index is 0.230. The van der Waals surface area contributed by atoms with Crippen molar-refractivity contribution >= 4 is 21.7 Å². The second kappa shape index (κ2) is 8.44. The van der Waals surface area contributed by atoms with Gasteiger partial charge in [0.05, 0.1) is 12.1 Å². The number of ether oxygens (including phenoxy) is 1. The molecule has 5 rings (SSSR count). The largest absolute Gasteiger partial charge is 0.508 e. The van der Waals surface area contributed by atoms with Crippen molar-refractivity contribution in [3.8, 4) is 5.75 Å². The van der Waals surface area contributed by atoms with Crippen LogP contribution in [0.5, 0.6) is 5.75 Å². The fraction of sp³-hybridized carbons (Fsp3) is 0.308. The fourth-order valence-corrected chi connectivity index (χ4v) is 4.71. The highest BCUT2D eigenvalue weighted by Crippen LogP contribution is 2.34. The predicted octanol–water partition coefficient (Wildman–Crippen LogP) is 2.37. The molecule has 0 spiro atoms. The van der Waals surface area contributed by atoms with E-state index < -0.39 is 37.3 Å². The third kappa shape index (κ3) is 3.88. The molecule has 33 heavy (non-hydrogen) atoms. The quantitative estimate of drug-likeness (QED) is 0.327. The first-order valence-electron chi connectivity index (χ1n) is 11.0. The molecule has 0 saturated carbocycles. The molecule has 5 N–H and O–H groups in total. The topological polar surface area (TPSA) is 115 Å². The molecular weight excluding hydrogens is 422 g/mol. The highest BCUT2D eigenvalue weighted by Gasteiger charge is 2.44. The van der Waals surface area contributed by atoms with E-state index in [1.165, 1.54) is 0 Å². The van der Waals surface area contributed by atoms with Gasteiger partial charge >= 0.3 is 0 Å². The van der Waals surface area contributed by atoms with Crippen LogP contribution in [0.4, 0.5) is 0 Å². The van der Waals surface area contributed by atoms with Crippen molar-refractivity contribution in [1.82, 2.24) is 4.57 Å². The Kier molecular flexibility index (Phi) is 5.60. The van der Waals surface area contributed by atoms with Crippen molar-refractivity contribution in [2.75, 3.05) is 6.61 Å². The first-order chi connectivity index (χ1) is 15.9. The number of aliphatic hydroxyl groups excluding tert-OH is 4. The number of aryl methyl sites for hydroxylation is 1. The molecule has 5 atom stereocenters. The molecule has 1 aliphatic rings. The molecule has 0 amide bonds. The number of aromatic nitrogens is 1. The van der Waals surface area contributed by atoms with Crippen LogP contribution >= 0.6 is 0 Å². The van der Waals surface area contributed by atoms with Crippen LogP contribution < -0.4 is 0 Å². The lowest BCUT2D eigenvalue weighted by atomic mass is 9.98. The van der Waals surface area contributed by atoms with Crippen molar-refractivity contribution in [3.05, 3.63) is 77.5 Å². The van der Waals surface area contributed by atoms with Gasteiger partial charge in [0, 0.05) is 11.6 Å². The average Bonchev–Trinajstić information content (AvgIpc) is 3.15. The number of aliphatic hydroxyl groups is 4. The van der Waals surface area contributed by atoms with Crippen LogP contribution in [0.15, 0.2) is 60.8 Å². The summed E-state index contributed by atoms with van der Waals surface area (Å²) in [6.45, 7) is 1.54. The summed E-state index contributed by atoms with van der Waals surface area (Å²) in [7, 11) is 0. The Morgan fingerprint density at radius 2 is 1.64 bits per heavy atom. The van der Waals surface area contributed by atoms with Gasteiger partial charge in [0.25, 0.3) is 0 Å². The second-order valence-electron chi connectivity index (χ2n) is 8.84. The minimum atomic E-state index is -1.44. The molecule has 7 heteroatoms. The summed E-state index contributed by atoms with van der Waals surface area (Å²) in [6.07, 6.45) is -3.61. The maximum Gasteiger partial charge on any atom is 0.163 e. The number of hydrogen-bond acceptors (Lipinski definition) is 6. The van der Waals surface area contributed by atoms with Crippen LogP contribution in [0.1, 0.15) is 22.9 Å². The molecule has 7 nitrogen and oxygen atoms in total. The van der Waals surface area contributed by atoms with E-state index >= 15 is 0 Å². The van der Waals surface area contributed by atoms with Crippen molar-refractivity contribution in [2.24, 2.45) is 0 Å². The molecule has 1 aromatic heterocycles. The van der Waals surface area contributed by atoms with Crippen LogP contribution in [-0.4, -0.2) is 61.1 Å². The maximum atomic E-state index is 10.7. The van der Waals surface area contributed by atoms with Gasteiger partial charge in [-0.2, -0.15) is 0 Å². The van der Waals surface area contributed by atoms with Gasteiger partial charge < -0.3 is 34.8 Å². The van der Waals surface area contributed by atoms with Crippen molar-refractivity contribution in [1.29, 1.82) is 0 Å². The first kappa shape index (κ1) is 21.9. The van der Waals surface area contributed by atoms with Crippen molar-refractivity contribution in [3.63, 3.8) is 0 Å². The van der Waals surface area contributed by atoms with E-state index in [0.717, 1.165) is 38.4 Å². The lowest BCUT2D eigenvalue weighted by Crippen LogP contribution is -2.56. The third-order valence-electron chi connectivity index (χ3n) is 6.50. The van der Waals surface area contributed by atoms with E-state index in [4.69, 9.17) is 4.74 Å². The van der Waals surface area contributed by atoms with Gasteiger partial charge in [0.2, 0.25) is 0 Å². The lowest BCUT2D eigenvalue weighted by Gasteiger charge is -2.40. The van der Waals surface area contributed by atoms with Gasteiger partial charge in [-0.25, -0.2) is 0 Å². The predicted molar refractivity (Wildman–Crippen MR) is 124 cm³/mol. The molecule has 0 radical (unpaired) electrons. The molecule has 4 aromatic rings. The fourth-order valence-electron chi connectivity index (χ4n) is 4.71. The van der Waals surface area contributed by atoms with Crippen LogP contribution in [0, 0.1) is 6.92 Å². The number of rotatable bonds is 4. The molecule has 3 aromatic carbocycles. The van der Waals surface area contributed by atoms with Crippen LogP contribution in [0.3, 0.4) is 0 Å². The molecular formula is C26H27NO6. The second-order valence-corrected chi connectivity index (χ2v) is 8.84. The van der Waals surface area contributed by atoms with Crippen molar-refractivity contribution in [2.45, 2.75) is 44.0 Å². The molecule has 1 fully saturated rings. The summed E-state index contributed by atoms with van der Waals surface area (Å²) >= 11 is 0. The Balaban J connectivity index is 1.57. The number of hydrogen-bond donors (Lipinski definition) is 5. The standard InChI is InChI=1S/C26H27NO6/c1-14-2-7-21-20(8-14)18(10-15-3-4-17-11-19(29)6-5-16(17)9-15)12-27(21)26-25(32)24(31)23(30)22(13-28)33-26/h2-9,11-12,22-26,28-32H,10,13H2,1H3/t22-,23-,24+,25-,26-/m1/s1. The zero-order valence-corrected chi connectivity index (χ0v) is 18.2. The lowest BCUT2D eigenvalue weighted by molar-refractivity contribution is -0.250. The smallest absolute Gasteiger partial charge is 0.163 e. The normalized spacial score (nSPS) is 25.7.